The van der Waals surface area contributed by atoms with E-state index in [9.17, 15) is 0 Å². The molecule has 0 atom stereocenters. The highest BCUT2D eigenvalue weighted by atomic mass is 32.1. The zero-order chi connectivity index (χ0) is 22.8. The molecule has 170 valence electrons. The zero-order valence-electron chi connectivity index (χ0n) is 19.0. The number of hydrogen-bond acceptors (Lipinski definition) is 8. The summed E-state index contributed by atoms with van der Waals surface area (Å²) in [6, 6.07) is 7.72. The van der Waals surface area contributed by atoms with Crippen LogP contribution >= 0.6 is 22.7 Å². The topological polar surface area (TPSA) is 70.0 Å². The van der Waals surface area contributed by atoms with E-state index in [4.69, 9.17) is 9.47 Å². The first-order valence-electron chi connectivity index (χ1n) is 11.7. The summed E-state index contributed by atoms with van der Waals surface area (Å²) in [7, 11) is 0. The summed E-state index contributed by atoms with van der Waals surface area (Å²) in [5, 5.41) is 2.13. The van der Waals surface area contributed by atoms with E-state index in [1.54, 1.807) is 22.7 Å². The lowest BCUT2D eigenvalue weighted by molar-refractivity contribution is 0.445. The van der Waals surface area contributed by atoms with Crippen LogP contribution in [-0.4, -0.2) is 19.9 Å². The van der Waals surface area contributed by atoms with Gasteiger partial charge in [-0.05, 0) is 75.6 Å². The van der Waals surface area contributed by atoms with Crippen molar-refractivity contribution in [2.24, 2.45) is 0 Å². The monoisotopic (exact) mass is 486 g/mol. The Morgan fingerprint density at radius 1 is 0.676 bits per heavy atom. The summed E-state index contributed by atoms with van der Waals surface area (Å²) in [5.41, 5.74) is 2.71. The standard InChI is InChI=1S/C26H22N4O2S2/c1-13-27-23(21-17-8-4-10-19(17)33-25(21)29-13)31-15-6-3-7-16(12-15)32-24-22-18-9-5-11-20(18)34-26(22)30-14(2)28-24/h3,6-7,12H,4-5,8-11H2,1-2H3. The number of aromatic nitrogens is 4. The van der Waals surface area contributed by atoms with Crippen LogP contribution in [0.1, 0.15) is 45.4 Å². The Bertz CT molecular complexity index is 1490. The second-order valence-corrected chi connectivity index (χ2v) is 11.1. The molecule has 0 amide bonds. The first-order valence-corrected chi connectivity index (χ1v) is 13.3. The Hall–Kier alpha value is -3.10. The van der Waals surface area contributed by atoms with Crippen LogP contribution in [0.4, 0.5) is 0 Å². The van der Waals surface area contributed by atoms with E-state index in [1.807, 2.05) is 38.1 Å². The van der Waals surface area contributed by atoms with E-state index in [-0.39, 0.29) is 0 Å². The minimum Gasteiger partial charge on any atom is -0.438 e. The Morgan fingerprint density at radius 3 is 1.68 bits per heavy atom. The van der Waals surface area contributed by atoms with E-state index < -0.39 is 0 Å². The molecule has 2 aliphatic carbocycles. The summed E-state index contributed by atoms with van der Waals surface area (Å²) < 4.78 is 12.7. The van der Waals surface area contributed by atoms with Crippen LogP contribution in [0.5, 0.6) is 23.3 Å². The van der Waals surface area contributed by atoms with Crippen LogP contribution in [0.2, 0.25) is 0 Å². The number of hydrogen-bond donors (Lipinski definition) is 0. The predicted octanol–water partition coefficient (Wildman–Crippen LogP) is 6.87. The molecule has 1 aromatic carbocycles. The van der Waals surface area contributed by atoms with Crippen LogP contribution < -0.4 is 9.47 Å². The quantitative estimate of drug-likeness (QED) is 0.276. The molecular weight excluding hydrogens is 464 g/mol. The third kappa shape index (κ3) is 3.27. The zero-order valence-corrected chi connectivity index (χ0v) is 20.6. The summed E-state index contributed by atoms with van der Waals surface area (Å²) in [5.74, 6) is 4.09. The molecule has 0 radical (unpaired) electrons. The first-order chi connectivity index (χ1) is 16.6. The maximum absolute atomic E-state index is 6.35. The van der Waals surface area contributed by atoms with E-state index >= 15 is 0 Å². The summed E-state index contributed by atoms with van der Waals surface area (Å²) in [6.45, 7) is 3.83. The van der Waals surface area contributed by atoms with E-state index in [0.29, 0.717) is 23.3 Å². The molecule has 0 bridgehead atoms. The molecule has 6 nitrogen and oxygen atoms in total. The number of thiophene rings is 2. The number of ether oxygens (including phenoxy) is 2. The lowest BCUT2D eigenvalue weighted by Gasteiger charge is -2.11. The molecule has 7 rings (SSSR count). The molecule has 5 aromatic rings. The summed E-state index contributed by atoms with van der Waals surface area (Å²) in [4.78, 5) is 23.5. The molecule has 0 saturated heterocycles. The van der Waals surface area contributed by atoms with Crippen molar-refractivity contribution in [2.45, 2.75) is 52.4 Å². The van der Waals surface area contributed by atoms with Crippen molar-refractivity contribution in [3.05, 3.63) is 56.8 Å². The highest BCUT2D eigenvalue weighted by Crippen LogP contribution is 2.43. The van der Waals surface area contributed by atoms with Gasteiger partial charge in [-0.2, -0.15) is 9.97 Å². The Kier molecular flexibility index (Phi) is 4.60. The SMILES string of the molecule is Cc1nc(Oc2cccc(Oc3nc(C)nc4sc5c(c34)CCC5)c2)c2c3c(sc2n1)CCC3. The van der Waals surface area contributed by atoms with Gasteiger partial charge in [-0.25, -0.2) is 9.97 Å². The maximum Gasteiger partial charge on any atom is 0.231 e. The van der Waals surface area contributed by atoms with Gasteiger partial charge in [0.05, 0.1) is 10.8 Å². The number of nitrogens with zero attached hydrogens (tertiary/aromatic N) is 4. The average Bonchev–Trinajstić information content (AvgIpc) is 3.54. The summed E-state index contributed by atoms with van der Waals surface area (Å²) in [6.07, 6.45) is 6.75. The molecule has 34 heavy (non-hydrogen) atoms. The van der Waals surface area contributed by atoms with Gasteiger partial charge in [0.1, 0.15) is 32.8 Å². The van der Waals surface area contributed by atoms with Gasteiger partial charge in [-0.15, -0.1) is 22.7 Å². The third-order valence-corrected chi connectivity index (χ3v) is 8.89. The van der Waals surface area contributed by atoms with Gasteiger partial charge in [0.2, 0.25) is 11.8 Å². The van der Waals surface area contributed by atoms with Crippen molar-refractivity contribution < 1.29 is 9.47 Å². The second-order valence-electron chi connectivity index (χ2n) is 8.91. The highest BCUT2D eigenvalue weighted by Gasteiger charge is 2.24. The molecular formula is C26H22N4O2S2. The van der Waals surface area contributed by atoms with E-state index in [2.05, 4.69) is 19.9 Å². The molecule has 4 heterocycles. The van der Waals surface area contributed by atoms with Crippen molar-refractivity contribution in [1.82, 2.24) is 19.9 Å². The van der Waals surface area contributed by atoms with Gasteiger partial charge in [-0.3, -0.25) is 0 Å². The number of benzene rings is 1. The van der Waals surface area contributed by atoms with Crippen molar-refractivity contribution in [2.75, 3.05) is 0 Å². The fourth-order valence-corrected chi connectivity index (χ4v) is 7.70. The molecule has 0 aliphatic heterocycles. The lowest BCUT2D eigenvalue weighted by Crippen LogP contribution is -1.97. The smallest absolute Gasteiger partial charge is 0.231 e. The maximum atomic E-state index is 6.35. The van der Waals surface area contributed by atoms with E-state index in [1.165, 1.54) is 33.7 Å². The molecule has 0 unspecified atom stereocenters. The van der Waals surface area contributed by atoms with Crippen molar-refractivity contribution in [3.8, 4) is 23.3 Å². The lowest BCUT2D eigenvalue weighted by atomic mass is 10.2. The Morgan fingerprint density at radius 2 is 1.18 bits per heavy atom. The van der Waals surface area contributed by atoms with Gasteiger partial charge in [0, 0.05) is 15.8 Å². The van der Waals surface area contributed by atoms with E-state index in [0.717, 1.165) is 57.8 Å². The van der Waals surface area contributed by atoms with Crippen molar-refractivity contribution in [3.63, 3.8) is 0 Å². The van der Waals surface area contributed by atoms with Crippen molar-refractivity contribution in [1.29, 1.82) is 0 Å². The first kappa shape index (κ1) is 20.3. The Labute approximate surface area is 204 Å². The van der Waals surface area contributed by atoms with Crippen LogP contribution in [0, 0.1) is 13.8 Å². The summed E-state index contributed by atoms with van der Waals surface area (Å²) >= 11 is 3.55. The van der Waals surface area contributed by atoms with Crippen LogP contribution in [0.25, 0.3) is 20.4 Å². The highest BCUT2D eigenvalue weighted by molar-refractivity contribution is 7.19. The molecule has 0 spiro atoms. The van der Waals surface area contributed by atoms with Crippen LogP contribution in [-0.2, 0) is 25.7 Å². The largest absolute Gasteiger partial charge is 0.438 e. The molecule has 0 saturated carbocycles. The number of rotatable bonds is 4. The fraction of sp³-hybridized carbons (Fsp3) is 0.308. The van der Waals surface area contributed by atoms with Gasteiger partial charge in [0.15, 0.2) is 0 Å². The van der Waals surface area contributed by atoms with Gasteiger partial charge >= 0.3 is 0 Å². The normalized spacial score (nSPS) is 14.6. The minimum absolute atomic E-state index is 0.634. The van der Waals surface area contributed by atoms with Gasteiger partial charge < -0.3 is 9.47 Å². The third-order valence-electron chi connectivity index (χ3n) is 6.52. The number of fused-ring (bicyclic) bond motifs is 6. The average molecular weight is 487 g/mol. The van der Waals surface area contributed by atoms with Crippen LogP contribution in [0.15, 0.2) is 24.3 Å². The van der Waals surface area contributed by atoms with Crippen LogP contribution in [0.3, 0.4) is 0 Å². The minimum atomic E-state index is 0.634. The van der Waals surface area contributed by atoms with Gasteiger partial charge in [0.25, 0.3) is 0 Å². The molecule has 0 fully saturated rings. The Balaban J connectivity index is 1.26. The van der Waals surface area contributed by atoms with Gasteiger partial charge in [-0.1, -0.05) is 6.07 Å². The fourth-order valence-electron chi connectivity index (χ4n) is 5.10. The molecule has 0 N–H and O–H groups in total. The molecule has 8 heteroatoms. The van der Waals surface area contributed by atoms with Crippen molar-refractivity contribution >= 4 is 43.1 Å². The number of aryl methyl sites for hydroxylation is 6. The second kappa shape index (κ2) is 7.71. The predicted molar refractivity (Wildman–Crippen MR) is 135 cm³/mol. The molecule has 4 aromatic heterocycles. The molecule has 2 aliphatic rings.